The molecule has 2 fully saturated rings. The molecule has 2 aliphatic heterocycles. The van der Waals surface area contributed by atoms with E-state index in [1.165, 1.54) is 5.56 Å². The summed E-state index contributed by atoms with van der Waals surface area (Å²) in [5, 5.41) is 18.5. The van der Waals surface area contributed by atoms with Crippen LogP contribution in [-0.2, 0) is 32.7 Å². The number of hydrogen-bond acceptors (Lipinski definition) is 7. The molecule has 1 spiro atoms. The van der Waals surface area contributed by atoms with Gasteiger partial charge < -0.3 is 19.7 Å². The summed E-state index contributed by atoms with van der Waals surface area (Å²) < 4.78 is 77.3. The molecule has 0 aromatic carbocycles. The van der Waals surface area contributed by atoms with Crippen LogP contribution >= 0.6 is 0 Å². The first kappa shape index (κ1) is 31.3. The quantitative estimate of drug-likeness (QED) is 0.440. The Bertz CT molecular complexity index is 838. The molecule has 2 N–H and O–H groups in total. The molecule has 0 radical (unpaired) electrons. The van der Waals surface area contributed by atoms with Crippen LogP contribution in [0.1, 0.15) is 5.56 Å². The molecule has 3 rings (SSSR count). The van der Waals surface area contributed by atoms with E-state index in [9.17, 15) is 26.3 Å². The van der Waals surface area contributed by atoms with E-state index in [0.717, 1.165) is 52.5 Å². The molecule has 1 unspecified atom stereocenters. The topological polar surface area (TPSA) is 117 Å². The molecule has 36 heavy (non-hydrogen) atoms. The van der Waals surface area contributed by atoms with E-state index in [2.05, 4.69) is 27.7 Å². The van der Waals surface area contributed by atoms with E-state index in [1.54, 1.807) is 0 Å². The number of nitrogens with zero attached hydrogens (tertiary/aromatic N) is 4. The zero-order valence-corrected chi connectivity index (χ0v) is 19.4. The molecule has 1 aromatic heterocycles. The van der Waals surface area contributed by atoms with Crippen LogP contribution < -0.4 is 0 Å². The zero-order chi connectivity index (χ0) is 27.6. The standard InChI is InChI=1S/C16H26N4O2.2C2HF3O2/c1-3-4-19-5-7-21-14-16(12-19)13-20(6-8-22-16)11-15-9-17-18(2)10-15;2*3-2(4,5)1(6)7/h3,9-10H,1,4-8,11-14H2,2H3;2*(H,6,7). The van der Waals surface area contributed by atoms with E-state index < -0.39 is 24.3 Å². The Morgan fingerprint density at radius 2 is 1.61 bits per heavy atom. The van der Waals surface area contributed by atoms with Crippen molar-refractivity contribution in [1.82, 2.24) is 19.6 Å². The Balaban J connectivity index is 0.000000383. The maximum Gasteiger partial charge on any atom is 0.490 e. The van der Waals surface area contributed by atoms with Crippen molar-refractivity contribution in [2.45, 2.75) is 24.5 Å². The number of hydrogen-bond donors (Lipinski definition) is 2. The summed E-state index contributed by atoms with van der Waals surface area (Å²) in [5.74, 6) is -5.51. The SMILES string of the molecule is C=CCN1CCOCC2(C1)CN(Cc1cnn(C)c1)CCO2.O=C(O)C(F)(F)F.O=C(O)C(F)(F)F. The van der Waals surface area contributed by atoms with E-state index in [-0.39, 0.29) is 5.60 Å². The number of aryl methyl sites for hydroxylation is 1. The van der Waals surface area contributed by atoms with Gasteiger partial charge in [0.15, 0.2) is 0 Å². The molecule has 0 bridgehead atoms. The Hall–Kier alpha value is -2.69. The number of carboxylic acid groups (broad SMARTS) is 2. The van der Waals surface area contributed by atoms with Gasteiger partial charge >= 0.3 is 24.3 Å². The van der Waals surface area contributed by atoms with Crippen molar-refractivity contribution in [1.29, 1.82) is 0 Å². The highest BCUT2D eigenvalue weighted by Crippen LogP contribution is 2.23. The first-order valence-electron chi connectivity index (χ1n) is 10.4. The Labute approximate surface area is 202 Å². The molecule has 2 saturated heterocycles. The number of ether oxygens (including phenoxy) is 2. The molecule has 0 amide bonds. The Kier molecular flexibility index (Phi) is 11.8. The largest absolute Gasteiger partial charge is 0.490 e. The summed E-state index contributed by atoms with van der Waals surface area (Å²) in [6, 6.07) is 0. The lowest BCUT2D eigenvalue weighted by atomic mass is 10.0. The van der Waals surface area contributed by atoms with Crippen molar-refractivity contribution < 1.29 is 55.6 Å². The number of halogens is 6. The van der Waals surface area contributed by atoms with Crippen LogP contribution in [0, 0.1) is 0 Å². The van der Waals surface area contributed by atoms with E-state index in [0.29, 0.717) is 6.61 Å². The fourth-order valence-electron chi connectivity index (χ4n) is 3.38. The molecular formula is C20H28F6N4O6. The highest BCUT2D eigenvalue weighted by molar-refractivity contribution is 5.73. The van der Waals surface area contributed by atoms with Gasteiger partial charge in [0.1, 0.15) is 5.60 Å². The molecule has 206 valence electrons. The van der Waals surface area contributed by atoms with Gasteiger partial charge in [0.25, 0.3) is 0 Å². The number of carbonyl (C=O) groups is 2. The second kappa shape index (κ2) is 13.6. The molecule has 16 heteroatoms. The van der Waals surface area contributed by atoms with Gasteiger partial charge in [-0.15, -0.1) is 6.58 Å². The average Bonchev–Trinajstić information content (AvgIpc) is 3.05. The predicted molar refractivity (Wildman–Crippen MR) is 112 cm³/mol. The van der Waals surface area contributed by atoms with Crippen LogP contribution in [0.25, 0.3) is 0 Å². The van der Waals surface area contributed by atoms with Gasteiger partial charge in [0, 0.05) is 58.1 Å². The monoisotopic (exact) mass is 534 g/mol. The Morgan fingerprint density at radius 3 is 2.08 bits per heavy atom. The van der Waals surface area contributed by atoms with Gasteiger partial charge in [-0.05, 0) is 0 Å². The third-order valence-corrected chi connectivity index (χ3v) is 4.79. The number of morpholine rings is 1. The summed E-state index contributed by atoms with van der Waals surface area (Å²) in [5.41, 5.74) is 1.03. The molecule has 0 aliphatic carbocycles. The normalized spacial score (nSPS) is 21.4. The number of alkyl halides is 6. The number of carboxylic acids is 2. The molecule has 2 aliphatic rings. The van der Waals surface area contributed by atoms with E-state index in [1.807, 2.05) is 24.0 Å². The van der Waals surface area contributed by atoms with Gasteiger partial charge in [0.2, 0.25) is 0 Å². The van der Waals surface area contributed by atoms with Crippen LogP contribution in [0.3, 0.4) is 0 Å². The summed E-state index contributed by atoms with van der Waals surface area (Å²) in [6.07, 6.45) is -4.19. The zero-order valence-electron chi connectivity index (χ0n) is 19.4. The maximum absolute atomic E-state index is 10.6. The second-order valence-electron chi connectivity index (χ2n) is 7.95. The van der Waals surface area contributed by atoms with Crippen molar-refractivity contribution in [2.24, 2.45) is 7.05 Å². The fourth-order valence-corrected chi connectivity index (χ4v) is 3.38. The van der Waals surface area contributed by atoms with Gasteiger partial charge in [-0.2, -0.15) is 31.4 Å². The first-order chi connectivity index (χ1) is 16.6. The summed E-state index contributed by atoms with van der Waals surface area (Å²) in [4.78, 5) is 22.6. The average molecular weight is 534 g/mol. The molecular weight excluding hydrogens is 506 g/mol. The highest BCUT2D eigenvalue weighted by atomic mass is 19.4. The molecule has 1 atom stereocenters. The van der Waals surface area contributed by atoms with Gasteiger partial charge in [0.05, 0.1) is 26.0 Å². The van der Waals surface area contributed by atoms with Crippen LogP contribution in [0.15, 0.2) is 25.0 Å². The predicted octanol–water partition coefficient (Wildman–Crippen LogP) is 1.78. The molecule has 1 aromatic rings. The van der Waals surface area contributed by atoms with Crippen LogP contribution in [0.4, 0.5) is 26.3 Å². The number of aromatic nitrogens is 2. The van der Waals surface area contributed by atoms with Crippen LogP contribution in [0.2, 0.25) is 0 Å². The molecule has 3 heterocycles. The lowest BCUT2D eigenvalue weighted by molar-refractivity contribution is -0.193. The van der Waals surface area contributed by atoms with Crippen molar-refractivity contribution in [3.8, 4) is 0 Å². The lowest BCUT2D eigenvalue weighted by Crippen LogP contribution is -2.58. The summed E-state index contributed by atoms with van der Waals surface area (Å²) in [7, 11) is 1.95. The third-order valence-electron chi connectivity index (χ3n) is 4.79. The van der Waals surface area contributed by atoms with Crippen molar-refractivity contribution in [3.05, 3.63) is 30.6 Å². The fraction of sp³-hybridized carbons (Fsp3) is 0.650. The lowest BCUT2D eigenvalue weighted by Gasteiger charge is -2.43. The Morgan fingerprint density at radius 1 is 1.08 bits per heavy atom. The smallest absolute Gasteiger partial charge is 0.475 e. The maximum atomic E-state index is 10.6. The first-order valence-corrected chi connectivity index (χ1v) is 10.4. The molecule has 0 saturated carbocycles. The van der Waals surface area contributed by atoms with Gasteiger partial charge in [-0.25, -0.2) is 9.59 Å². The van der Waals surface area contributed by atoms with Gasteiger partial charge in [-0.3, -0.25) is 14.5 Å². The second-order valence-corrected chi connectivity index (χ2v) is 7.95. The highest BCUT2D eigenvalue weighted by Gasteiger charge is 2.40. The minimum absolute atomic E-state index is 0.222. The minimum atomic E-state index is -5.08. The van der Waals surface area contributed by atoms with Crippen LogP contribution in [0.5, 0.6) is 0 Å². The third kappa shape index (κ3) is 11.4. The van der Waals surface area contributed by atoms with Gasteiger partial charge in [-0.1, -0.05) is 6.08 Å². The van der Waals surface area contributed by atoms with Crippen LogP contribution in [-0.4, -0.2) is 112 Å². The van der Waals surface area contributed by atoms with Crippen molar-refractivity contribution in [2.75, 3.05) is 52.5 Å². The number of rotatable bonds is 4. The van der Waals surface area contributed by atoms with E-state index in [4.69, 9.17) is 29.3 Å². The summed E-state index contributed by atoms with van der Waals surface area (Å²) in [6.45, 7) is 11.5. The molecule has 10 nitrogen and oxygen atoms in total. The van der Waals surface area contributed by atoms with Crippen molar-refractivity contribution in [3.63, 3.8) is 0 Å². The van der Waals surface area contributed by atoms with E-state index >= 15 is 0 Å². The number of aliphatic carboxylic acids is 2. The summed E-state index contributed by atoms with van der Waals surface area (Å²) >= 11 is 0. The van der Waals surface area contributed by atoms with Crippen molar-refractivity contribution >= 4 is 11.9 Å². The minimum Gasteiger partial charge on any atom is -0.475 e.